The summed E-state index contributed by atoms with van der Waals surface area (Å²) in [5.41, 5.74) is 2.78. The number of halogens is 1. The average Bonchev–Trinajstić information content (AvgIpc) is 3.09. The minimum absolute atomic E-state index is 0. The molecule has 0 radical (unpaired) electrons. The molecule has 2 aromatic rings. The van der Waals surface area contributed by atoms with Gasteiger partial charge in [-0.1, -0.05) is 19.1 Å². The summed E-state index contributed by atoms with van der Waals surface area (Å²) in [5, 5.41) is 12.7. The van der Waals surface area contributed by atoms with Gasteiger partial charge in [-0.2, -0.15) is 0 Å². The van der Waals surface area contributed by atoms with Crippen LogP contribution < -0.4 is 16.0 Å². The molecule has 0 aliphatic heterocycles. The maximum atomic E-state index is 12.1. The highest BCUT2D eigenvalue weighted by Crippen LogP contribution is 2.08. The number of aliphatic imine (C=N–C) groups is 1. The van der Waals surface area contributed by atoms with E-state index >= 15 is 0 Å². The number of carbonyl (C=O) groups excluding carboxylic acids is 1. The minimum atomic E-state index is -0.0359. The van der Waals surface area contributed by atoms with Gasteiger partial charge in [-0.3, -0.25) is 4.79 Å². The lowest BCUT2D eigenvalue weighted by Crippen LogP contribution is -2.38. The van der Waals surface area contributed by atoms with Crippen LogP contribution in [-0.2, 0) is 13.0 Å². The molecule has 1 amide bonds. The maximum absolute atomic E-state index is 12.1. The second kappa shape index (κ2) is 13.5. The Balaban J connectivity index is 0.00000392. The van der Waals surface area contributed by atoms with Crippen molar-refractivity contribution in [2.75, 3.05) is 19.6 Å². The third kappa shape index (κ3) is 8.55. The van der Waals surface area contributed by atoms with E-state index in [0.717, 1.165) is 48.2 Å². The smallest absolute Gasteiger partial charge is 0.251 e. The summed E-state index contributed by atoms with van der Waals surface area (Å²) in [5.74, 6) is 0.733. The lowest BCUT2D eigenvalue weighted by Gasteiger charge is -2.11. The van der Waals surface area contributed by atoms with E-state index in [2.05, 4.69) is 31.3 Å². The molecule has 0 fully saturated rings. The lowest BCUT2D eigenvalue weighted by atomic mass is 10.1. The summed E-state index contributed by atoms with van der Waals surface area (Å²) in [7, 11) is 0. The van der Waals surface area contributed by atoms with Crippen LogP contribution in [0.25, 0.3) is 0 Å². The summed E-state index contributed by atoms with van der Waals surface area (Å²) >= 11 is 1.67. The van der Waals surface area contributed by atoms with E-state index in [-0.39, 0.29) is 29.9 Å². The normalized spacial score (nSPS) is 10.9. The second-order valence-electron chi connectivity index (χ2n) is 6.19. The molecule has 0 aliphatic carbocycles. The number of thiazole rings is 1. The van der Waals surface area contributed by atoms with Crippen molar-refractivity contribution < 1.29 is 4.79 Å². The largest absolute Gasteiger partial charge is 0.357 e. The molecular formula is C20H30IN5OS. The Hall–Kier alpha value is -1.68. The Morgan fingerprint density at radius 2 is 2.00 bits per heavy atom. The van der Waals surface area contributed by atoms with Gasteiger partial charge in [0.1, 0.15) is 0 Å². The Bertz CT molecular complexity index is 763. The van der Waals surface area contributed by atoms with Crippen LogP contribution in [0.1, 0.15) is 46.9 Å². The number of benzene rings is 1. The zero-order valence-corrected chi connectivity index (χ0v) is 19.9. The van der Waals surface area contributed by atoms with E-state index in [1.807, 2.05) is 45.0 Å². The number of hydrogen-bond acceptors (Lipinski definition) is 4. The minimum Gasteiger partial charge on any atom is -0.357 e. The van der Waals surface area contributed by atoms with Crippen LogP contribution in [0.4, 0.5) is 0 Å². The fraction of sp³-hybridized carbons (Fsp3) is 0.450. The zero-order chi connectivity index (χ0) is 19.5. The quantitative estimate of drug-likeness (QED) is 0.272. The summed E-state index contributed by atoms with van der Waals surface area (Å²) in [6, 6.07) is 7.62. The van der Waals surface area contributed by atoms with E-state index in [1.54, 1.807) is 11.3 Å². The van der Waals surface area contributed by atoms with Crippen molar-refractivity contribution in [3.8, 4) is 0 Å². The molecule has 0 bridgehead atoms. The maximum Gasteiger partial charge on any atom is 0.251 e. The Morgan fingerprint density at radius 1 is 1.18 bits per heavy atom. The topological polar surface area (TPSA) is 78.4 Å². The summed E-state index contributed by atoms with van der Waals surface area (Å²) in [4.78, 5) is 21.2. The zero-order valence-electron chi connectivity index (χ0n) is 16.7. The molecule has 0 atom stereocenters. The number of nitrogens with zero attached hydrogens (tertiary/aromatic N) is 2. The fourth-order valence-corrected chi connectivity index (χ4v) is 3.14. The third-order valence-electron chi connectivity index (χ3n) is 3.83. The van der Waals surface area contributed by atoms with Crippen molar-refractivity contribution in [1.82, 2.24) is 20.9 Å². The van der Waals surface area contributed by atoms with Gasteiger partial charge in [0.25, 0.3) is 5.91 Å². The number of guanidine groups is 1. The van der Waals surface area contributed by atoms with Crippen LogP contribution in [0.2, 0.25) is 0 Å². The number of nitrogens with one attached hydrogen (secondary N) is 3. The first-order valence-electron chi connectivity index (χ1n) is 9.42. The first kappa shape index (κ1) is 24.4. The molecule has 6 nitrogen and oxygen atoms in total. The van der Waals surface area contributed by atoms with Gasteiger partial charge >= 0.3 is 0 Å². The molecule has 0 saturated heterocycles. The number of rotatable bonds is 9. The molecule has 3 N–H and O–H groups in total. The molecule has 8 heteroatoms. The molecule has 1 heterocycles. The van der Waals surface area contributed by atoms with Gasteiger partial charge in [0.05, 0.1) is 17.2 Å². The van der Waals surface area contributed by atoms with Gasteiger partial charge in [-0.05, 0) is 38.0 Å². The lowest BCUT2D eigenvalue weighted by molar-refractivity contribution is 0.0953. The van der Waals surface area contributed by atoms with Crippen LogP contribution in [-0.4, -0.2) is 36.5 Å². The Morgan fingerprint density at radius 3 is 2.68 bits per heavy atom. The highest BCUT2D eigenvalue weighted by Gasteiger charge is 2.05. The monoisotopic (exact) mass is 515 g/mol. The van der Waals surface area contributed by atoms with Gasteiger partial charge in [-0.25, -0.2) is 9.98 Å². The summed E-state index contributed by atoms with van der Waals surface area (Å²) in [6.07, 6.45) is 1.79. The second-order valence-corrected chi connectivity index (χ2v) is 7.25. The number of hydrogen-bond donors (Lipinski definition) is 3. The van der Waals surface area contributed by atoms with E-state index in [4.69, 9.17) is 0 Å². The highest BCUT2D eigenvalue weighted by molar-refractivity contribution is 14.0. The fourth-order valence-electron chi connectivity index (χ4n) is 2.50. The predicted molar refractivity (Wildman–Crippen MR) is 128 cm³/mol. The summed E-state index contributed by atoms with van der Waals surface area (Å²) in [6.45, 7) is 8.86. The predicted octanol–water partition coefficient (Wildman–Crippen LogP) is 3.51. The highest BCUT2D eigenvalue weighted by atomic mass is 127. The average molecular weight is 515 g/mol. The van der Waals surface area contributed by atoms with Crippen LogP contribution in [0, 0.1) is 6.92 Å². The van der Waals surface area contributed by atoms with Crippen LogP contribution in [0.5, 0.6) is 0 Å². The van der Waals surface area contributed by atoms with E-state index in [9.17, 15) is 4.79 Å². The van der Waals surface area contributed by atoms with Crippen LogP contribution >= 0.6 is 35.3 Å². The number of aryl methyl sites for hydroxylation is 1. The molecule has 0 spiro atoms. The molecule has 28 heavy (non-hydrogen) atoms. The van der Waals surface area contributed by atoms with Gasteiger partial charge < -0.3 is 16.0 Å². The molecule has 0 saturated carbocycles. The Kier molecular flexibility index (Phi) is 11.7. The molecule has 1 aromatic carbocycles. The number of carbonyl (C=O) groups is 1. The Labute approximate surface area is 188 Å². The van der Waals surface area contributed by atoms with Crippen molar-refractivity contribution in [1.29, 1.82) is 0 Å². The van der Waals surface area contributed by atoms with E-state index in [1.165, 1.54) is 0 Å². The third-order valence-corrected chi connectivity index (χ3v) is 4.65. The van der Waals surface area contributed by atoms with Gasteiger partial charge in [0.2, 0.25) is 0 Å². The number of amides is 1. The van der Waals surface area contributed by atoms with Crippen LogP contribution in [0.15, 0.2) is 34.6 Å². The first-order valence-corrected chi connectivity index (χ1v) is 10.3. The molecule has 2 rings (SSSR count). The van der Waals surface area contributed by atoms with E-state index < -0.39 is 0 Å². The van der Waals surface area contributed by atoms with Crippen molar-refractivity contribution in [3.05, 3.63) is 51.5 Å². The molecule has 0 unspecified atom stereocenters. The number of aromatic nitrogens is 1. The van der Waals surface area contributed by atoms with Gasteiger partial charge in [0.15, 0.2) is 5.96 Å². The molecular weight excluding hydrogens is 485 g/mol. The van der Waals surface area contributed by atoms with Crippen LogP contribution in [0.3, 0.4) is 0 Å². The van der Waals surface area contributed by atoms with Crippen molar-refractivity contribution in [3.63, 3.8) is 0 Å². The molecule has 154 valence electrons. The van der Waals surface area contributed by atoms with E-state index in [0.29, 0.717) is 18.7 Å². The summed E-state index contributed by atoms with van der Waals surface area (Å²) < 4.78 is 0. The van der Waals surface area contributed by atoms with Crippen molar-refractivity contribution in [2.24, 2.45) is 4.99 Å². The standard InChI is InChI=1S/C20H29N5OS.HI/c1-4-10-22-19(26)17-8-6-7-16(12-17)13-24-20(21-5-2)23-11-9-18-14-27-15(3)25-18;/h6-8,12,14H,4-5,9-11,13H2,1-3H3,(H,22,26)(H2,21,23,24);1H. The molecule has 0 aliphatic rings. The SMILES string of the molecule is CCCNC(=O)c1cccc(CN=C(NCC)NCCc2csc(C)n2)c1.I. The first-order chi connectivity index (χ1) is 13.1. The molecule has 1 aromatic heterocycles. The van der Waals surface area contributed by atoms with Gasteiger partial charge in [-0.15, -0.1) is 35.3 Å². The van der Waals surface area contributed by atoms with Gasteiger partial charge in [0, 0.05) is 37.0 Å². The van der Waals surface area contributed by atoms with Crippen molar-refractivity contribution in [2.45, 2.75) is 40.2 Å². The van der Waals surface area contributed by atoms with Crippen molar-refractivity contribution >= 4 is 47.2 Å².